The highest BCUT2D eigenvalue weighted by molar-refractivity contribution is 7.98. The van der Waals surface area contributed by atoms with E-state index in [9.17, 15) is 4.79 Å². The number of carbonyl (C=O) groups is 1. The van der Waals surface area contributed by atoms with Crippen molar-refractivity contribution in [1.29, 1.82) is 0 Å². The van der Waals surface area contributed by atoms with Crippen molar-refractivity contribution in [2.45, 2.75) is 4.90 Å². The first-order valence-electron chi connectivity index (χ1n) is 6.11. The van der Waals surface area contributed by atoms with E-state index in [1.165, 1.54) is 0 Å². The molecule has 0 saturated heterocycles. The van der Waals surface area contributed by atoms with Gasteiger partial charge in [-0.05, 0) is 42.7 Å². The topological polar surface area (TPSA) is 38.3 Å². The Labute approximate surface area is 137 Å². The molecule has 0 fully saturated rings. The standard InChI is InChI=1S/C15H13Cl2NO2S/c1-21-11-7-5-10(6-8-11)18-14(19)9-20-13-4-2-3-12(16)15(13)17/h2-8H,9H2,1H3,(H,18,19). The number of ether oxygens (including phenoxy) is 1. The summed E-state index contributed by atoms with van der Waals surface area (Å²) in [4.78, 5) is 13.0. The van der Waals surface area contributed by atoms with E-state index in [2.05, 4.69) is 5.32 Å². The maximum absolute atomic E-state index is 11.8. The van der Waals surface area contributed by atoms with Gasteiger partial charge in [0, 0.05) is 10.6 Å². The summed E-state index contributed by atoms with van der Waals surface area (Å²) in [6.45, 7) is -0.135. The fourth-order valence-electron chi connectivity index (χ4n) is 1.61. The van der Waals surface area contributed by atoms with Crippen LogP contribution in [0, 0.1) is 0 Å². The molecule has 0 spiro atoms. The Morgan fingerprint density at radius 1 is 1.19 bits per heavy atom. The lowest BCUT2D eigenvalue weighted by Crippen LogP contribution is -2.20. The monoisotopic (exact) mass is 341 g/mol. The van der Waals surface area contributed by atoms with Crippen molar-refractivity contribution < 1.29 is 9.53 Å². The van der Waals surface area contributed by atoms with E-state index < -0.39 is 0 Å². The first-order chi connectivity index (χ1) is 10.1. The molecule has 1 amide bonds. The van der Waals surface area contributed by atoms with Gasteiger partial charge in [-0.2, -0.15) is 0 Å². The molecule has 2 rings (SSSR count). The minimum absolute atomic E-state index is 0.135. The molecule has 21 heavy (non-hydrogen) atoms. The molecule has 0 aliphatic heterocycles. The van der Waals surface area contributed by atoms with Crippen LogP contribution in [0.5, 0.6) is 5.75 Å². The van der Waals surface area contributed by atoms with Gasteiger partial charge >= 0.3 is 0 Å². The molecule has 0 atom stereocenters. The molecular weight excluding hydrogens is 329 g/mol. The summed E-state index contributed by atoms with van der Waals surface area (Å²) in [6.07, 6.45) is 2.00. The van der Waals surface area contributed by atoms with E-state index in [1.54, 1.807) is 30.0 Å². The van der Waals surface area contributed by atoms with Crippen LogP contribution >= 0.6 is 35.0 Å². The number of hydrogen-bond acceptors (Lipinski definition) is 3. The number of carbonyl (C=O) groups excluding carboxylic acids is 1. The molecule has 3 nitrogen and oxygen atoms in total. The van der Waals surface area contributed by atoms with E-state index in [-0.39, 0.29) is 12.5 Å². The van der Waals surface area contributed by atoms with Gasteiger partial charge in [-0.15, -0.1) is 11.8 Å². The number of halogens is 2. The number of thioether (sulfide) groups is 1. The molecule has 6 heteroatoms. The van der Waals surface area contributed by atoms with E-state index >= 15 is 0 Å². The van der Waals surface area contributed by atoms with Crippen molar-refractivity contribution >= 4 is 46.6 Å². The van der Waals surface area contributed by atoms with Crippen molar-refractivity contribution in [1.82, 2.24) is 0 Å². The van der Waals surface area contributed by atoms with Gasteiger partial charge in [0.05, 0.1) is 5.02 Å². The van der Waals surface area contributed by atoms with Crippen LogP contribution in [-0.4, -0.2) is 18.8 Å². The van der Waals surface area contributed by atoms with Crippen LogP contribution in [0.3, 0.4) is 0 Å². The Kier molecular flexibility index (Phi) is 5.79. The highest BCUT2D eigenvalue weighted by Gasteiger charge is 2.08. The summed E-state index contributed by atoms with van der Waals surface area (Å²) in [7, 11) is 0. The summed E-state index contributed by atoms with van der Waals surface area (Å²) in [5.41, 5.74) is 0.721. The maximum atomic E-state index is 11.8. The SMILES string of the molecule is CSc1ccc(NC(=O)COc2cccc(Cl)c2Cl)cc1. The zero-order valence-corrected chi connectivity index (χ0v) is 13.6. The second-order valence-electron chi connectivity index (χ2n) is 4.12. The van der Waals surface area contributed by atoms with Crippen LogP contribution in [0.1, 0.15) is 0 Å². The first kappa shape index (κ1) is 16.0. The Bertz CT molecular complexity index is 632. The number of nitrogens with one attached hydrogen (secondary N) is 1. The molecule has 110 valence electrons. The Morgan fingerprint density at radius 2 is 1.90 bits per heavy atom. The predicted octanol–water partition coefficient (Wildman–Crippen LogP) is 4.73. The van der Waals surface area contributed by atoms with Crippen LogP contribution in [0.4, 0.5) is 5.69 Å². The third-order valence-corrected chi connectivity index (χ3v) is 4.19. The average Bonchev–Trinajstić information content (AvgIpc) is 2.49. The Morgan fingerprint density at radius 3 is 2.57 bits per heavy atom. The van der Waals surface area contributed by atoms with Crippen LogP contribution in [0.25, 0.3) is 0 Å². The molecule has 2 aromatic rings. The number of amides is 1. The first-order valence-corrected chi connectivity index (χ1v) is 8.09. The highest BCUT2D eigenvalue weighted by Crippen LogP contribution is 2.31. The quantitative estimate of drug-likeness (QED) is 0.798. The zero-order chi connectivity index (χ0) is 15.2. The summed E-state index contributed by atoms with van der Waals surface area (Å²) in [5.74, 6) is 0.125. The molecule has 0 aliphatic rings. The lowest BCUT2D eigenvalue weighted by Gasteiger charge is -2.09. The summed E-state index contributed by atoms with van der Waals surface area (Å²) in [6, 6.07) is 12.6. The van der Waals surface area contributed by atoms with Gasteiger partial charge in [0.1, 0.15) is 10.8 Å². The predicted molar refractivity (Wildman–Crippen MR) is 88.8 cm³/mol. The smallest absolute Gasteiger partial charge is 0.262 e. The summed E-state index contributed by atoms with van der Waals surface area (Å²) >= 11 is 13.5. The van der Waals surface area contributed by atoms with Gasteiger partial charge in [0.2, 0.25) is 0 Å². The number of anilines is 1. The highest BCUT2D eigenvalue weighted by atomic mass is 35.5. The van der Waals surface area contributed by atoms with Crippen molar-refractivity contribution in [3.63, 3.8) is 0 Å². The fourth-order valence-corrected chi connectivity index (χ4v) is 2.36. The van der Waals surface area contributed by atoms with Crippen molar-refractivity contribution in [2.75, 3.05) is 18.2 Å². The van der Waals surface area contributed by atoms with Crippen LogP contribution in [0.15, 0.2) is 47.4 Å². The lowest BCUT2D eigenvalue weighted by atomic mass is 10.3. The van der Waals surface area contributed by atoms with Gasteiger partial charge in [-0.1, -0.05) is 29.3 Å². The van der Waals surface area contributed by atoms with Crippen LogP contribution in [-0.2, 0) is 4.79 Å². The normalized spacial score (nSPS) is 10.2. The molecule has 0 unspecified atom stereocenters. The lowest BCUT2D eigenvalue weighted by molar-refractivity contribution is -0.118. The summed E-state index contributed by atoms with van der Waals surface area (Å²) < 4.78 is 5.36. The minimum Gasteiger partial charge on any atom is -0.482 e. The third-order valence-electron chi connectivity index (χ3n) is 2.65. The average molecular weight is 342 g/mol. The fraction of sp³-hybridized carbons (Fsp3) is 0.133. The van der Waals surface area contributed by atoms with Gasteiger partial charge in [-0.3, -0.25) is 4.79 Å². The molecular formula is C15H13Cl2NO2S. The largest absolute Gasteiger partial charge is 0.482 e. The molecule has 0 bridgehead atoms. The van der Waals surface area contributed by atoms with E-state index in [4.69, 9.17) is 27.9 Å². The molecule has 0 aliphatic carbocycles. The second-order valence-corrected chi connectivity index (χ2v) is 5.78. The summed E-state index contributed by atoms with van der Waals surface area (Å²) in [5, 5.41) is 3.44. The number of benzene rings is 2. The van der Waals surface area contributed by atoms with Crippen molar-refractivity contribution in [2.24, 2.45) is 0 Å². The van der Waals surface area contributed by atoms with E-state index in [1.807, 2.05) is 30.5 Å². The van der Waals surface area contributed by atoms with Crippen molar-refractivity contribution in [3.05, 3.63) is 52.5 Å². The molecule has 0 heterocycles. The third kappa shape index (κ3) is 4.56. The Balaban J connectivity index is 1.91. The number of rotatable bonds is 5. The van der Waals surface area contributed by atoms with Gasteiger partial charge in [0.15, 0.2) is 6.61 Å². The molecule has 0 aromatic heterocycles. The maximum Gasteiger partial charge on any atom is 0.262 e. The van der Waals surface area contributed by atoms with Gasteiger partial charge < -0.3 is 10.1 Å². The zero-order valence-electron chi connectivity index (χ0n) is 11.2. The minimum atomic E-state index is -0.261. The van der Waals surface area contributed by atoms with Crippen molar-refractivity contribution in [3.8, 4) is 5.75 Å². The van der Waals surface area contributed by atoms with Gasteiger partial charge in [-0.25, -0.2) is 0 Å². The van der Waals surface area contributed by atoms with E-state index in [0.717, 1.165) is 10.6 Å². The van der Waals surface area contributed by atoms with E-state index in [0.29, 0.717) is 15.8 Å². The van der Waals surface area contributed by atoms with Crippen LogP contribution < -0.4 is 10.1 Å². The Hall–Kier alpha value is -1.36. The number of hydrogen-bond donors (Lipinski definition) is 1. The molecule has 0 saturated carbocycles. The molecule has 2 aromatic carbocycles. The van der Waals surface area contributed by atoms with Gasteiger partial charge in [0.25, 0.3) is 5.91 Å². The second kappa shape index (κ2) is 7.59. The van der Waals surface area contributed by atoms with Crippen LogP contribution in [0.2, 0.25) is 10.0 Å². The molecule has 0 radical (unpaired) electrons. The molecule has 1 N–H and O–H groups in total.